The Morgan fingerprint density at radius 2 is 1.90 bits per heavy atom. The number of nitrogens with zero attached hydrogens (tertiary/aromatic N) is 3. The fraction of sp³-hybridized carbons (Fsp3) is 0.500. The Hall–Kier alpha value is -2.54. The van der Waals surface area contributed by atoms with Crippen molar-refractivity contribution in [3.05, 3.63) is 52.9 Å². The first kappa shape index (κ1) is 21.7. The van der Waals surface area contributed by atoms with Crippen LogP contribution in [0.25, 0.3) is 0 Å². The standard InChI is InChI=1S/C24H33N5OS/c1-2-25-24(27-21-11-14-28(15-12-21)23-6-4-16-31-23)26-17-19-7-9-20(10-8-19)18-29-13-3-5-22(29)30/h4,6-10,16,21H,2-3,5,11-15,17-18H2,1H3,(H2,25,26,27). The van der Waals surface area contributed by atoms with Gasteiger partial charge in [0.1, 0.15) is 0 Å². The summed E-state index contributed by atoms with van der Waals surface area (Å²) >= 11 is 1.82. The number of likely N-dealkylation sites (tertiary alicyclic amines) is 1. The van der Waals surface area contributed by atoms with Gasteiger partial charge in [-0.1, -0.05) is 24.3 Å². The van der Waals surface area contributed by atoms with Crippen molar-refractivity contribution in [2.45, 2.75) is 51.7 Å². The van der Waals surface area contributed by atoms with Gasteiger partial charge in [-0.05, 0) is 54.8 Å². The Balaban J connectivity index is 1.28. The minimum absolute atomic E-state index is 0.274. The molecule has 2 saturated heterocycles. The van der Waals surface area contributed by atoms with Gasteiger partial charge in [0.25, 0.3) is 0 Å². The molecule has 1 aromatic carbocycles. The van der Waals surface area contributed by atoms with E-state index in [-0.39, 0.29) is 5.91 Å². The molecule has 2 aliphatic rings. The largest absolute Gasteiger partial charge is 0.363 e. The van der Waals surface area contributed by atoms with E-state index in [0.717, 1.165) is 57.9 Å². The molecule has 6 nitrogen and oxygen atoms in total. The molecule has 0 spiro atoms. The molecule has 0 atom stereocenters. The predicted octanol–water partition coefficient (Wildman–Crippen LogP) is 3.59. The van der Waals surface area contributed by atoms with Gasteiger partial charge in [-0.2, -0.15) is 0 Å². The maximum absolute atomic E-state index is 11.8. The molecule has 0 radical (unpaired) electrons. The molecule has 166 valence electrons. The summed E-state index contributed by atoms with van der Waals surface area (Å²) in [5, 5.41) is 10.5. The van der Waals surface area contributed by atoms with Gasteiger partial charge in [0.05, 0.1) is 11.5 Å². The lowest BCUT2D eigenvalue weighted by molar-refractivity contribution is -0.128. The lowest BCUT2D eigenvalue weighted by atomic mass is 10.1. The van der Waals surface area contributed by atoms with Crippen LogP contribution in [-0.2, 0) is 17.9 Å². The van der Waals surface area contributed by atoms with Crippen molar-refractivity contribution in [3.8, 4) is 0 Å². The quantitative estimate of drug-likeness (QED) is 0.511. The number of guanidine groups is 1. The predicted molar refractivity (Wildman–Crippen MR) is 129 cm³/mol. The monoisotopic (exact) mass is 439 g/mol. The van der Waals surface area contributed by atoms with E-state index in [1.54, 1.807) is 0 Å². The number of thiophene rings is 1. The second-order valence-electron chi connectivity index (χ2n) is 8.29. The molecule has 3 heterocycles. The van der Waals surface area contributed by atoms with Gasteiger partial charge in [0.2, 0.25) is 5.91 Å². The van der Waals surface area contributed by atoms with Crippen LogP contribution in [-0.4, -0.2) is 49.0 Å². The van der Waals surface area contributed by atoms with Crippen LogP contribution in [0.5, 0.6) is 0 Å². The summed E-state index contributed by atoms with van der Waals surface area (Å²) < 4.78 is 0. The Kier molecular flexibility index (Phi) is 7.46. The van der Waals surface area contributed by atoms with E-state index in [0.29, 0.717) is 19.0 Å². The third-order valence-electron chi connectivity index (χ3n) is 5.99. The second kappa shape index (κ2) is 10.7. The minimum Gasteiger partial charge on any atom is -0.363 e. The average molecular weight is 440 g/mol. The first-order valence-electron chi connectivity index (χ1n) is 11.4. The molecule has 0 unspecified atom stereocenters. The molecule has 7 heteroatoms. The maximum atomic E-state index is 11.8. The number of carbonyl (C=O) groups excluding carboxylic acids is 1. The number of rotatable bonds is 7. The van der Waals surface area contributed by atoms with Crippen LogP contribution in [0.1, 0.15) is 43.7 Å². The number of nitrogens with one attached hydrogen (secondary N) is 2. The van der Waals surface area contributed by atoms with E-state index in [2.05, 4.69) is 64.2 Å². The molecule has 0 bridgehead atoms. The molecular formula is C24H33N5OS. The zero-order chi connectivity index (χ0) is 21.5. The first-order valence-corrected chi connectivity index (χ1v) is 12.3. The van der Waals surface area contributed by atoms with Crippen LogP contribution in [0.3, 0.4) is 0 Å². The summed E-state index contributed by atoms with van der Waals surface area (Å²) in [4.78, 5) is 21.1. The molecule has 1 amide bonds. The number of piperidine rings is 1. The molecule has 1 aromatic heterocycles. The van der Waals surface area contributed by atoms with Crippen molar-refractivity contribution in [3.63, 3.8) is 0 Å². The van der Waals surface area contributed by atoms with Crippen LogP contribution < -0.4 is 15.5 Å². The van der Waals surface area contributed by atoms with E-state index < -0.39 is 0 Å². The summed E-state index contributed by atoms with van der Waals surface area (Å²) in [6.07, 6.45) is 3.91. The van der Waals surface area contributed by atoms with Gasteiger partial charge in [0.15, 0.2) is 5.96 Å². The molecular weight excluding hydrogens is 406 g/mol. The summed E-state index contributed by atoms with van der Waals surface area (Å²) in [5.41, 5.74) is 2.37. The third kappa shape index (κ3) is 6.00. The van der Waals surface area contributed by atoms with Crippen LogP contribution >= 0.6 is 11.3 Å². The average Bonchev–Trinajstić information content (AvgIpc) is 3.46. The van der Waals surface area contributed by atoms with E-state index in [9.17, 15) is 4.79 Å². The molecule has 0 aliphatic carbocycles. The fourth-order valence-corrected chi connectivity index (χ4v) is 5.00. The van der Waals surface area contributed by atoms with E-state index in [4.69, 9.17) is 4.99 Å². The highest BCUT2D eigenvalue weighted by Gasteiger charge is 2.21. The van der Waals surface area contributed by atoms with Gasteiger partial charge in [-0.3, -0.25) is 4.79 Å². The summed E-state index contributed by atoms with van der Waals surface area (Å²) in [6, 6.07) is 13.3. The fourth-order valence-electron chi connectivity index (χ4n) is 4.22. The highest BCUT2D eigenvalue weighted by atomic mass is 32.1. The van der Waals surface area contributed by atoms with Crippen molar-refractivity contribution in [1.82, 2.24) is 15.5 Å². The van der Waals surface area contributed by atoms with E-state index in [1.807, 2.05) is 16.2 Å². The van der Waals surface area contributed by atoms with Gasteiger partial charge < -0.3 is 20.4 Å². The molecule has 4 rings (SSSR count). The van der Waals surface area contributed by atoms with Gasteiger partial charge in [-0.15, -0.1) is 11.3 Å². The smallest absolute Gasteiger partial charge is 0.222 e. The second-order valence-corrected chi connectivity index (χ2v) is 9.21. The van der Waals surface area contributed by atoms with Crippen LogP contribution in [0, 0.1) is 0 Å². The van der Waals surface area contributed by atoms with Crippen LogP contribution in [0.4, 0.5) is 5.00 Å². The molecule has 2 N–H and O–H groups in total. The number of amides is 1. The summed E-state index contributed by atoms with van der Waals surface area (Å²) in [7, 11) is 0. The number of hydrogen-bond donors (Lipinski definition) is 2. The molecule has 2 fully saturated rings. The van der Waals surface area contributed by atoms with Crippen molar-refractivity contribution in [2.24, 2.45) is 4.99 Å². The van der Waals surface area contributed by atoms with Gasteiger partial charge in [0, 0.05) is 45.2 Å². The molecule has 2 aliphatic heterocycles. The first-order chi connectivity index (χ1) is 15.2. The number of benzene rings is 1. The zero-order valence-corrected chi connectivity index (χ0v) is 19.2. The van der Waals surface area contributed by atoms with Crippen LogP contribution in [0.2, 0.25) is 0 Å². The molecule has 2 aromatic rings. The van der Waals surface area contributed by atoms with E-state index >= 15 is 0 Å². The van der Waals surface area contributed by atoms with Gasteiger partial charge in [-0.25, -0.2) is 4.99 Å². The maximum Gasteiger partial charge on any atom is 0.222 e. The van der Waals surface area contributed by atoms with E-state index in [1.165, 1.54) is 16.1 Å². The van der Waals surface area contributed by atoms with Crippen molar-refractivity contribution in [2.75, 3.05) is 31.1 Å². The topological polar surface area (TPSA) is 60.0 Å². The van der Waals surface area contributed by atoms with Gasteiger partial charge >= 0.3 is 0 Å². The Morgan fingerprint density at radius 3 is 2.55 bits per heavy atom. The van der Waals surface area contributed by atoms with Crippen molar-refractivity contribution < 1.29 is 4.79 Å². The lowest BCUT2D eigenvalue weighted by Crippen LogP contribution is -2.48. The highest BCUT2D eigenvalue weighted by Crippen LogP contribution is 2.24. The molecule has 0 saturated carbocycles. The summed E-state index contributed by atoms with van der Waals surface area (Å²) in [5.74, 6) is 1.17. The SMILES string of the molecule is CCNC(=NCc1ccc(CN2CCCC2=O)cc1)NC1CCN(c2cccs2)CC1. The molecule has 31 heavy (non-hydrogen) atoms. The highest BCUT2D eigenvalue weighted by molar-refractivity contribution is 7.14. The number of hydrogen-bond acceptors (Lipinski definition) is 4. The lowest BCUT2D eigenvalue weighted by Gasteiger charge is -2.33. The van der Waals surface area contributed by atoms with Crippen molar-refractivity contribution >= 4 is 28.2 Å². The Bertz CT molecular complexity index is 857. The Labute approximate surface area is 189 Å². The van der Waals surface area contributed by atoms with Crippen LogP contribution in [0.15, 0.2) is 46.8 Å². The third-order valence-corrected chi connectivity index (χ3v) is 6.91. The zero-order valence-electron chi connectivity index (χ0n) is 18.3. The number of aliphatic imine (C=N–C) groups is 1. The number of anilines is 1. The number of carbonyl (C=O) groups is 1. The summed E-state index contributed by atoms with van der Waals surface area (Å²) in [6.45, 7) is 7.36. The van der Waals surface area contributed by atoms with Crippen molar-refractivity contribution in [1.29, 1.82) is 0 Å². The Morgan fingerprint density at radius 1 is 1.13 bits per heavy atom. The minimum atomic E-state index is 0.274. The normalized spacial score (nSPS) is 18.0.